The SMILES string of the molecule is Nc1ccc(-c2ccccc2)cc1C(NC(=O)c1ccccc1)N1C(=O)OC[C@H]1c1ccccc1. The van der Waals surface area contributed by atoms with Gasteiger partial charge < -0.3 is 15.8 Å². The number of carbonyl (C=O) groups excluding carboxylic acids is 2. The van der Waals surface area contributed by atoms with Crippen molar-refractivity contribution in [1.29, 1.82) is 0 Å². The van der Waals surface area contributed by atoms with Crippen molar-refractivity contribution in [3.05, 3.63) is 126 Å². The fraction of sp³-hybridized carbons (Fsp3) is 0.103. The number of nitrogens with zero attached hydrogens (tertiary/aromatic N) is 1. The second-order valence-electron chi connectivity index (χ2n) is 8.36. The molecule has 4 aromatic rings. The monoisotopic (exact) mass is 463 g/mol. The predicted octanol–water partition coefficient (Wildman–Crippen LogP) is 5.56. The van der Waals surface area contributed by atoms with Crippen LogP contribution in [-0.2, 0) is 4.74 Å². The molecule has 1 unspecified atom stereocenters. The van der Waals surface area contributed by atoms with Gasteiger partial charge in [0.25, 0.3) is 5.91 Å². The van der Waals surface area contributed by atoms with E-state index in [1.54, 1.807) is 35.2 Å². The van der Waals surface area contributed by atoms with Crippen molar-refractivity contribution in [3.8, 4) is 11.1 Å². The number of hydrogen-bond donors (Lipinski definition) is 2. The van der Waals surface area contributed by atoms with Gasteiger partial charge in [-0.15, -0.1) is 0 Å². The first-order valence-electron chi connectivity index (χ1n) is 11.4. The maximum Gasteiger partial charge on any atom is 0.412 e. The van der Waals surface area contributed by atoms with Gasteiger partial charge in [0.1, 0.15) is 12.8 Å². The van der Waals surface area contributed by atoms with Gasteiger partial charge in [-0.2, -0.15) is 0 Å². The summed E-state index contributed by atoms with van der Waals surface area (Å²) in [6, 6.07) is 33.7. The molecule has 2 amide bonds. The predicted molar refractivity (Wildman–Crippen MR) is 135 cm³/mol. The lowest BCUT2D eigenvalue weighted by molar-refractivity contribution is 0.0857. The molecule has 1 saturated heterocycles. The number of nitrogen functional groups attached to an aromatic ring is 1. The van der Waals surface area contributed by atoms with Crippen LogP contribution in [0.1, 0.15) is 33.7 Å². The number of hydrogen-bond acceptors (Lipinski definition) is 4. The molecule has 5 rings (SSSR count). The Balaban J connectivity index is 1.60. The molecular formula is C29H25N3O3. The molecule has 0 aromatic heterocycles. The molecular weight excluding hydrogens is 438 g/mol. The summed E-state index contributed by atoms with van der Waals surface area (Å²) in [7, 11) is 0. The van der Waals surface area contributed by atoms with Gasteiger partial charge in [-0.1, -0.05) is 84.9 Å². The van der Waals surface area contributed by atoms with E-state index >= 15 is 0 Å². The number of amides is 2. The van der Waals surface area contributed by atoms with Crippen molar-refractivity contribution < 1.29 is 14.3 Å². The molecule has 0 radical (unpaired) electrons. The second kappa shape index (κ2) is 9.73. The summed E-state index contributed by atoms with van der Waals surface area (Å²) in [5.41, 5.74) is 10.9. The number of nitrogens with two attached hydrogens (primary N) is 1. The fourth-order valence-corrected chi connectivity index (χ4v) is 4.37. The summed E-state index contributed by atoms with van der Waals surface area (Å²) in [5.74, 6) is -0.313. The molecule has 1 heterocycles. The third kappa shape index (κ3) is 4.59. The first kappa shape index (κ1) is 22.2. The van der Waals surface area contributed by atoms with Crippen LogP contribution in [0, 0.1) is 0 Å². The molecule has 2 atom stereocenters. The number of nitrogens with one attached hydrogen (secondary N) is 1. The third-order valence-electron chi connectivity index (χ3n) is 6.17. The minimum atomic E-state index is -0.841. The largest absolute Gasteiger partial charge is 0.447 e. The van der Waals surface area contributed by atoms with Gasteiger partial charge in [-0.3, -0.25) is 9.69 Å². The van der Waals surface area contributed by atoms with Gasteiger partial charge in [0, 0.05) is 16.8 Å². The number of rotatable bonds is 6. The lowest BCUT2D eigenvalue weighted by atomic mass is 9.98. The van der Waals surface area contributed by atoms with E-state index in [2.05, 4.69) is 5.32 Å². The Morgan fingerprint density at radius 3 is 2.17 bits per heavy atom. The molecule has 174 valence electrons. The maximum atomic E-state index is 13.3. The minimum absolute atomic E-state index is 0.179. The standard InChI is InChI=1S/C29H25N3O3/c30-25-17-16-23(20-10-4-1-5-11-20)18-24(25)27(31-28(33)22-14-8-3-9-15-22)32-26(19-35-29(32)34)21-12-6-2-7-13-21/h1-18,26-27H,19,30H2,(H,31,33)/t26-,27?/m0/s1. The summed E-state index contributed by atoms with van der Waals surface area (Å²) in [4.78, 5) is 27.9. The van der Waals surface area contributed by atoms with Gasteiger partial charge >= 0.3 is 6.09 Å². The smallest absolute Gasteiger partial charge is 0.412 e. The Labute approximate surface area is 204 Å². The Bertz CT molecular complexity index is 1330. The second-order valence-corrected chi connectivity index (χ2v) is 8.36. The zero-order valence-electron chi connectivity index (χ0n) is 19.0. The van der Waals surface area contributed by atoms with Crippen LogP contribution in [0.2, 0.25) is 0 Å². The van der Waals surface area contributed by atoms with Crippen LogP contribution >= 0.6 is 0 Å². The molecule has 0 bridgehead atoms. The van der Waals surface area contributed by atoms with Crippen molar-refractivity contribution in [3.63, 3.8) is 0 Å². The molecule has 4 aromatic carbocycles. The van der Waals surface area contributed by atoms with Gasteiger partial charge in [-0.05, 0) is 41.0 Å². The van der Waals surface area contributed by atoms with Crippen molar-refractivity contribution in [2.75, 3.05) is 12.3 Å². The lowest BCUT2D eigenvalue weighted by Gasteiger charge is -2.32. The average Bonchev–Trinajstić information content (AvgIpc) is 3.30. The molecule has 1 fully saturated rings. The van der Waals surface area contributed by atoms with E-state index < -0.39 is 12.3 Å². The number of carbonyl (C=O) groups is 2. The fourth-order valence-electron chi connectivity index (χ4n) is 4.37. The summed E-state index contributed by atoms with van der Waals surface area (Å²) in [5, 5.41) is 3.05. The van der Waals surface area contributed by atoms with Crippen LogP contribution in [0.25, 0.3) is 11.1 Å². The van der Waals surface area contributed by atoms with E-state index in [0.29, 0.717) is 16.8 Å². The van der Waals surface area contributed by atoms with Gasteiger partial charge in [0.2, 0.25) is 0 Å². The summed E-state index contributed by atoms with van der Waals surface area (Å²) in [6.07, 6.45) is -1.35. The number of benzene rings is 4. The van der Waals surface area contributed by atoms with Crippen LogP contribution in [0.5, 0.6) is 0 Å². The molecule has 1 aliphatic rings. The first-order chi connectivity index (χ1) is 17.1. The van der Waals surface area contributed by atoms with Gasteiger partial charge in [0.05, 0.1) is 6.04 Å². The van der Waals surface area contributed by atoms with Crippen molar-refractivity contribution in [2.45, 2.75) is 12.2 Å². The zero-order chi connectivity index (χ0) is 24.2. The van der Waals surface area contributed by atoms with E-state index in [1.165, 1.54) is 0 Å². The lowest BCUT2D eigenvalue weighted by Crippen LogP contribution is -2.43. The van der Waals surface area contributed by atoms with E-state index in [-0.39, 0.29) is 18.6 Å². The van der Waals surface area contributed by atoms with Crippen molar-refractivity contribution in [2.24, 2.45) is 0 Å². The Morgan fingerprint density at radius 1 is 0.857 bits per heavy atom. The Hall–Kier alpha value is -4.58. The number of cyclic esters (lactones) is 1. The summed E-state index contributed by atoms with van der Waals surface area (Å²) >= 11 is 0. The maximum absolute atomic E-state index is 13.3. The number of anilines is 1. The molecule has 3 N–H and O–H groups in total. The third-order valence-corrected chi connectivity index (χ3v) is 6.17. The Morgan fingerprint density at radius 2 is 1.49 bits per heavy atom. The summed E-state index contributed by atoms with van der Waals surface area (Å²) in [6.45, 7) is 0.179. The highest BCUT2D eigenvalue weighted by atomic mass is 16.6. The topological polar surface area (TPSA) is 84.7 Å². The molecule has 6 nitrogen and oxygen atoms in total. The van der Waals surface area contributed by atoms with Crippen molar-refractivity contribution >= 4 is 17.7 Å². The van der Waals surface area contributed by atoms with E-state index in [0.717, 1.165) is 16.7 Å². The average molecular weight is 464 g/mol. The molecule has 0 saturated carbocycles. The van der Waals surface area contributed by atoms with Crippen LogP contribution < -0.4 is 11.1 Å². The minimum Gasteiger partial charge on any atom is -0.447 e. The van der Waals surface area contributed by atoms with E-state index in [9.17, 15) is 9.59 Å². The quantitative estimate of drug-likeness (QED) is 0.367. The highest BCUT2D eigenvalue weighted by Gasteiger charge is 2.41. The molecule has 35 heavy (non-hydrogen) atoms. The normalized spacial score (nSPS) is 15.9. The highest BCUT2D eigenvalue weighted by Crippen LogP contribution is 2.38. The van der Waals surface area contributed by atoms with E-state index in [4.69, 9.17) is 10.5 Å². The Kier molecular flexibility index (Phi) is 6.18. The summed E-state index contributed by atoms with van der Waals surface area (Å²) < 4.78 is 5.47. The van der Waals surface area contributed by atoms with Gasteiger partial charge in [0.15, 0.2) is 0 Å². The molecule has 6 heteroatoms. The first-order valence-corrected chi connectivity index (χ1v) is 11.4. The van der Waals surface area contributed by atoms with Crippen LogP contribution in [0.3, 0.4) is 0 Å². The highest BCUT2D eigenvalue weighted by molar-refractivity contribution is 5.94. The molecule has 0 aliphatic carbocycles. The zero-order valence-corrected chi connectivity index (χ0v) is 19.0. The molecule has 0 spiro atoms. The van der Waals surface area contributed by atoms with Crippen molar-refractivity contribution in [1.82, 2.24) is 10.2 Å². The van der Waals surface area contributed by atoms with E-state index in [1.807, 2.05) is 78.9 Å². The van der Waals surface area contributed by atoms with Crippen LogP contribution in [-0.4, -0.2) is 23.5 Å². The number of ether oxygens (including phenoxy) is 1. The van der Waals surface area contributed by atoms with Crippen LogP contribution in [0.15, 0.2) is 109 Å². The molecule has 1 aliphatic heterocycles. The van der Waals surface area contributed by atoms with Crippen LogP contribution in [0.4, 0.5) is 10.5 Å². The van der Waals surface area contributed by atoms with Gasteiger partial charge in [-0.25, -0.2) is 4.79 Å².